The van der Waals surface area contributed by atoms with Crippen LogP contribution in [0.15, 0.2) is 29.3 Å². The summed E-state index contributed by atoms with van der Waals surface area (Å²) in [7, 11) is 1.61. The van der Waals surface area contributed by atoms with E-state index in [1.165, 1.54) is 12.1 Å². The molecule has 8 heteroatoms. The van der Waals surface area contributed by atoms with E-state index in [2.05, 4.69) is 10.3 Å². The lowest BCUT2D eigenvalue weighted by Crippen LogP contribution is -2.40. The molecule has 3 N–H and O–H groups in total. The molecule has 0 heterocycles. The second kappa shape index (κ2) is 9.48. The van der Waals surface area contributed by atoms with Crippen LogP contribution in [0.25, 0.3) is 0 Å². The highest BCUT2D eigenvalue weighted by Gasteiger charge is 2.04. The molecule has 0 spiro atoms. The predicted molar refractivity (Wildman–Crippen MR) is 88.3 cm³/mol. The number of halogens is 1. The molecule has 1 aromatic rings. The summed E-state index contributed by atoms with van der Waals surface area (Å²) >= 11 is 0. The van der Waals surface area contributed by atoms with Crippen LogP contribution in [-0.2, 0) is 11.3 Å². The van der Waals surface area contributed by atoms with E-state index in [0.29, 0.717) is 19.1 Å². The topological polar surface area (TPSA) is 103 Å². The van der Waals surface area contributed by atoms with Crippen molar-refractivity contribution >= 4 is 35.6 Å². The third-order valence-corrected chi connectivity index (χ3v) is 2.39. The normalized spacial score (nSPS) is 12.4. The van der Waals surface area contributed by atoms with Crippen molar-refractivity contribution in [3.63, 3.8) is 0 Å². The van der Waals surface area contributed by atoms with E-state index >= 15 is 0 Å². The number of ether oxygens (including phenoxy) is 1. The minimum Gasteiger partial charge on any atom is -0.383 e. The predicted octanol–water partition coefficient (Wildman–Crippen LogP) is 1.65. The minimum atomic E-state index is -0.435. The Kier molecular flexibility index (Phi) is 8.81. The first-order chi connectivity index (χ1) is 9.02. The number of nitrogens with one attached hydrogen (secondary N) is 1. The summed E-state index contributed by atoms with van der Waals surface area (Å²) in [4.78, 5) is 14.2. The summed E-state index contributed by atoms with van der Waals surface area (Å²) in [5.74, 6) is 0.322. The number of non-ortho nitro benzene ring substituents is 1. The molecule has 0 aliphatic heterocycles. The molecule has 20 heavy (non-hydrogen) atoms. The number of nitrogens with zero attached hydrogens (tertiary/aromatic N) is 2. The molecule has 0 saturated carbocycles. The van der Waals surface area contributed by atoms with Crippen LogP contribution in [0.5, 0.6) is 0 Å². The van der Waals surface area contributed by atoms with E-state index in [9.17, 15) is 10.1 Å². The highest BCUT2D eigenvalue weighted by Crippen LogP contribution is 2.12. The van der Waals surface area contributed by atoms with Crippen molar-refractivity contribution in [1.29, 1.82) is 0 Å². The minimum absolute atomic E-state index is 0. The van der Waals surface area contributed by atoms with Gasteiger partial charge in [0.1, 0.15) is 0 Å². The van der Waals surface area contributed by atoms with Gasteiger partial charge < -0.3 is 15.8 Å². The van der Waals surface area contributed by atoms with Gasteiger partial charge >= 0.3 is 0 Å². The van der Waals surface area contributed by atoms with Gasteiger partial charge in [-0.25, -0.2) is 4.99 Å². The first-order valence-corrected chi connectivity index (χ1v) is 5.81. The van der Waals surface area contributed by atoms with Gasteiger partial charge in [0.25, 0.3) is 5.69 Å². The van der Waals surface area contributed by atoms with Gasteiger partial charge in [0.15, 0.2) is 5.96 Å². The Bertz CT molecular complexity index is 451. The number of nitrogens with two attached hydrogens (primary N) is 1. The standard InChI is InChI=1S/C12H18N4O3.HI/c1-9(8-19-2)15-12(13)14-7-10-3-5-11(6-4-10)16(17)18;/h3-6,9H,7-8H2,1-2H3,(H3,13,14,15);1H. The van der Waals surface area contributed by atoms with Crippen LogP contribution in [0.2, 0.25) is 0 Å². The number of rotatable bonds is 6. The average molecular weight is 394 g/mol. The molecule has 0 aliphatic carbocycles. The van der Waals surface area contributed by atoms with Crippen molar-refractivity contribution < 1.29 is 9.66 Å². The van der Waals surface area contributed by atoms with Crippen molar-refractivity contribution in [3.05, 3.63) is 39.9 Å². The molecular formula is C12H19IN4O3. The summed E-state index contributed by atoms with van der Waals surface area (Å²) < 4.78 is 4.97. The molecule has 0 bridgehead atoms. The molecule has 1 aromatic carbocycles. The van der Waals surface area contributed by atoms with Crippen LogP contribution in [0, 0.1) is 10.1 Å². The van der Waals surface area contributed by atoms with E-state index in [1.54, 1.807) is 19.2 Å². The molecule has 1 rings (SSSR count). The fraction of sp³-hybridized carbons (Fsp3) is 0.417. The van der Waals surface area contributed by atoms with Crippen molar-refractivity contribution in [3.8, 4) is 0 Å². The van der Waals surface area contributed by atoms with Crippen LogP contribution in [-0.4, -0.2) is 30.6 Å². The maximum Gasteiger partial charge on any atom is 0.269 e. The number of guanidine groups is 1. The number of benzene rings is 1. The van der Waals surface area contributed by atoms with Crippen molar-refractivity contribution in [2.24, 2.45) is 10.7 Å². The van der Waals surface area contributed by atoms with Gasteiger partial charge in [-0.2, -0.15) is 0 Å². The molecule has 0 saturated heterocycles. The van der Waals surface area contributed by atoms with E-state index in [1.807, 2.05) is 6.92 Å². The second-order valence-electron chi connectivity index (χ2n) is 4.13. The molecule has 0 fully saturated rings. The van der Waals surface area contributed by atoms with E-state index in [0.717, 1.165) is 5.56 Å². The Balaban J connectivity index is 0.00000361. The molecule has 0 aliphatic rings. The number of nitro groups is 1. The Morgan fingerprint density at radius 1 is 1.50 bits per heavy atom. The van der Waals surface area contributed by atoms with Crippen molar-refractivity contribution in [2.75, 3.05) is 13.7 Å². The van der Waals surface area contributed by atoms with Gasteiger partial charge in [0.05, 0.1) is 18.1 Å². The first-order valence-electron chi connectivity index (χ1n) is 5.81. The van der Waals surface area contributed by atoms with Gasteiger partial charge in [-0.15, -0.1) is 24.0 Å². The van der Waals surface area contributed by atoms with Gasteiger partial charge in [0, 0.05) is 25.3 Å². The molecular weight excluding hydrogens is 375 g/mol. The van der Waals surface area contributed by atoms with Gasteiger partial charge in [-0.1, -0.05) is 12.1 Å². The van der Waals surface area contributed by atoms with E-state index in [4.69, 9.17) is 10.5 Å². The molecule has 1 unspecified atom stereocenters. The lowest BCUT2D eigenvalue weighted by molar-refractivity contribution is -0.384. The monoisotopic (exact) mass is 394 g/mol. The smallest absolute Gasteiger partial charge is 0.269 e. The lowest BCUT2D eigenvalue weighted by Gasteiger charge is -2.12. The summed E-state index contributed by atoms with van der Waals surface area (Å²) in [6, 6.07) is 6.29. The third kappa shape index (κ3) is 6.66. The zero-order valence-corrected chi connectivity index (χ0v) is 13.7. The van der Waals surface area contributed by atoms with Gasteiger partial charge in [-0.05, 0) is 12.5 Å². The Morgan fingerprint density at radius 2 is 2.10 bits per heavy atom. The van der Waals surface area contributed by atoms with Gasteiger partial charge in [0.2, 0.25) is 0 Å². The number of hydrogen-bond donors (Lipinski definition) is 2. The number of aliphatic imine (C=N–C) groups is 1. The Labute approximate surface area is 134 Å². The zero-order valence-electron chi connectivity index (χ0n) is 11.4. The van der Waals surface area contributed by atoms with Crippen molar-refractivity contribution in [2.45, 2.75) is 19.5 Å². The fourth-order valence-corrected chi connectivity index (χ4v) is 1.49. The Morgan fingerprint density at radius 3 is 2.60 bits per heavy atom. The number of hydrogen-bond acceptors (Lipinski definition) is 4. The highest BCUT2D eigenvalue weighted by atomic mass is 127. The Hall–Kier alpha value is -1.42. The molecule has 1 atom stereocenters. The largest absolute Gasteiger partial charge is 0.383 e. The maximum atomic E-state index is 10.5. The maximum absolute atomic E-state index is 10.5. The van der Waals surface area contributed by atoms with Crippen LogP contribution in [0.1, 0.15) is 12.5 Å². The second-order valence-corrected chi connectivity index (χ2v) is 4.13. The number of methoxy groups -OCH3 is 1. The summed E-state index contributed by atoms with van der Waals surface area (Å²) in [6.07, 6.45) is 0. The molecule has 112 valence electrons. The average Bonchev–Trinajstić information content (AvgIpc) is 2.37. The van der Waals surface area contributed by atoms with Crippen LogP contribution < -0.4 is 11.1 Å². The van der Waals surface area contributed by atoms with Crippen molar-refractivity contribution in [1.82, 2.24) is 5.32 Å². The quantitative estimate of drug-likeness (QED) is 0.251. The number of nitro benzene ring substituents is 1. The summed E-state index contributed by atoms with van der Waals surface area (Å²) in [6.45, 7) is 2.84. The van der Waals surface area contributed by atoms with E-state index < -0.39 is 4.92 Å². The lowest BCUT2D eigenvalue weighted by atomic mass is 10.2. The molecule has 0 radical (unpaired) electrons. The van der Waals surface area contributed by atoms with Gasteiger partial charge in [-0.3, -0.25) is 10.1 Å². The first kappa shape index (κ1) is 18.6. The van der Waals surface area contributed by atoms with E-state index in [-0.39, 0.29) is 35.7 Å². The SMILES string of the molecule is COCC(C)NC(N)=NCc1ccc([N+](=O)[O-])cc1.I. The molecule has 0 amide bonds. The summed E-state index contributed by atoms with van der Waals surface area (Å²) in [5, 5.41) is 13.5. The summed E-state index contributed by atoms with van der Waals surface area (Å²) in [5.41, 5.74) is 6.62. The highest BCUT2D eigenvalue weighted by molar-refractivity contribution is 14.0. The van der Waals surface area contributed by atoms with Crippen LogP contribution in [0.3, 0.4) is 0 Å². The zero-order chi connectivity index (χ0) is 14.3. The molecule has 7 nitrogen and oxygen atoms in total. The van der Waals surface area contributed by atoms with Crippen LogP contribution in [0.4, 0.5) is 5.69 Å². The fourth-order valence-electron chi connectivity index (χ4n) is 1.49. The molecule has 0 aromatic heterocycles. The third-order valence-electron chi connectivity index (χ3n) is 2.39. The van der Waals surface area contributed by atoms with Crippen LogP contribution >= 0.6 is 24.0 Å².